The van der Waals surface area contributed by atoms with Crippen LogP contribution in [0.2, 0.25) is 5.02 Å². The summed E-state index contributed by atoms with van der Waals surface area (Å²) in [6, 6.07) is 15.1. The van der Waals surface area contributed by atoms with Gasteiger partial charge in [0.25, 0.3) is 5.91 Å². The van der Waals surface area contributed by atoms with Gasteiger partial charge in [-0.1, -0.05) is 53.5 Å². The predicted molar refractivity (Wildman–Crippen MR) is 123 cm³/mol. The molecular weight excluding hydrogens is 472 g/mol. The number of nitrogens with zero attached hydrogens (tertiary/aromatic N) is 1. The maximum Gasteiger partial charge on any atom is 0.272 e. The summed E-state index contributed by atoms with van der Waals surface area (Å²) < 4.78 is 6.92. The number of rotatable bonds is 7. The van der Waals surface area contributed by atoms with Crippen LogP contribution in [-0.2, 0) is 6.61 Å². The molecule has 1 amide bonds. The Kier molecular flexibility index (Phi) is 7.47. The second-order valence-electron chi connectivity index (χ2n) is 6.69. The molecule has 4 nitrogen and oxygen atoms in total. The van der Waals surface area contributed by atoms with E-state index in [1.807, 2.05) is 35.7 Å². The minimum atomic E-state index is -0.247. The van der Waals surface area contributed by atoms with Crippen LogP contribution in [0, 0.1) is 0 Å². The van der Waals surface area contributed by atoms with Crippen molar-refractivity contribution < 1.29 is 9.53 Å². The van der Waals surface area contributed by atoms with Crippen LogP contribution < -0.4 is 10.2 Å². The topological polar surface area (TPSA) is 50.7 Å². The number of carbonyl (C=O) groups is 1. The fourth-order valence-electron chi connectivity index (χ4n) is 2.54. The molecule has 29 heavy (non-hydrogen) atoms. The smallest absolute Gasteiger partial charge is 0.272 e. The highest BCUT2D eigenvalue weighted by molar-refractivity contribution is 9.10. The summed E-state index contributed by atoms with van der Waals surface area (Å²) >= 11 is 11.1. The molecule has 0 bridgehead atoms. The molecule has 1 heterocycles. The molecule has 7 heteroatoms. The number of carbonyl (C=O) groups excluding carboxylic acids is 1. The SMILES string of the molecule is CC(C)c1cc(C(=O)N/N=C\c2cc(Cl)ccc2OCc2cccc(Br)c2)cs1. The number of halogens is 2. The molecule has 3 rings (SSSR count). The van der Waals surface area contributed by atoms with Crippen LogP contribution in [0.1, 0.15) is 46.1 Å². The molecular formula is C22H20BrClN2O2S. The van der Waals surface area contributed by atoms with E-state index in [4.69, 9.17) is 16.3 Å². The van der Waals surface area contributed by atoms with Gasteiger partial charge in [-0.25, -0.2) is 5.43 Å². The number of benzene rings is 2. The Labute approximate surface area is 187 Å². The molecule has 0 atom stereocenters. The zero-order chi connectivity index (χ0) is 20.8. The van der Waals surface area contributed by atoms with Gasteiger partial charge in [0.05, 0.1) is 11.8 Å². The average molecular weight is 492 g/mol. The molecule has 1 aromatic heterocycles. The van der Waals surface area contributed by atoms with Crippen LogP contribution in [0.15, 0.2) is 63.5 Å². The van der Waals surface area contributed by atoms with Gasteiger partial charge in [0.1, 0.15) is 12.4 Å². The average Bonchev–Trinajstić information content (AvgIpc) is 3.18. The molecule has 0 aliphatic heterocycles. The van der Waals surface area contributed by atoms with Gasteiger partial charge < -0.3 is 4.74 Å². The lowest BCUT2D eigenvalue weighted by molar-refractivity contribution is 0.0955. The number of thiophene rings is 1. The minimum absolute atomic E-state index is 0.247. The second-order valence-corrected chi connectivity index (χ2v) is 8.99. The highest BCUT2D eigenvalue weighted by Gasteiger charge is 2.10. The number of nitrogens with one attached hydrogen (secondary N) is 1. The van der Waals surface area contributed by atoms with E-state index in [1.165, 1.54) is 6.21 Å². The molecule has 3 aromatic rings. The molecule has 0 unspecified atom stereocenters. The van der Waals surface area contributed by atoms with Crippen molar-refractivity contribution in [2.75, 3.05) is 0 Å². The quantitative estimate of drug-likeness (QED) is 0.298. The van der Waals surface area contributed by atoms with Gasteiger partial charge in [-0.05, 0) is 47.9 Å². The van der Waals surface area contributed by atoms with Gasteiger partial charge in [0, 0.05) is 25.3 Å². The molecule has 0 aliphatic carbocycles. The largest absolute Gasteiger partial charge is 0.488 e. The van der Waals surface area contributed by atoms with Crippen molar-refractivity contribution in [2.45, 2.75) is 26.4 Å². The first-order valence-corrected chi connectivity index (χ1v) is 11.1. The Morgan fingerprint density at radius 2 is 2.10 bits per heavy atom. The summed E-state index contributed by atoms with van der Waals surface area (Å²) in [5, 5.41) is 6.48. The third-order valence-electron chi connectivity index (χ3n) is 4.08. The standard InChI is InChI=1S/C22H20BrClN2O2S/c1-14(2)21-10-17(13-29-21)22(27)26-25-11-16-9-19(24)6-7-20(16)28-12-15-4-3-5-18(23)8-15/h3-11,13-14H,12H2,1-2H3,(H,26,27)/b25-11-. The van der Waals surface area contributed by atoms with Crippen molar-refractivity contribution in [3.05, 3.63) is 85.0 Å². The lowest BCUT2D eigenvalue weighted by Gasteiger charge is -2.10. The van der Waals surface area contributed by atoms with E-state index in [0.717, 1.165) is 14.9 Å². The zero-order valence-electron chi connectivity index (χ0n) is 16.0. The first-order valence-electron chi connectivity index (χ1n) is 9.01. The maximum atomic E-state index is 12.3. The molecule has 0 aliphatic rings. The molecule has 0 fully saturated rings. The Bertz CT molecular complexity index is 1030. The van der Waals surface area contributed by atoms with E-state index in [0.29, 0.717) is 34.4 Å². The number of amides is 1. The van der Waals surface area contributed by atoms with Crippen molar-refractivity contribution in [2.24, 2.45) is 5.10 Å². The first kappa shape index (κ1) is 21.6. The third-order valence-corrected chi connectivity index (χ3v) is 6.04. The second kappa shape index (κ2) is 10.1. The van der Waals surface area contributed by atoms with Crippen LogP contribution in [0.25, 0.3) is 0 Å². The third kappa shape index (κ3) is 6.16. The van der Waals surface area contributed by atoms with Crippen molar-refractivity contribution in [1.82, 2.24) is 5.43 Å². The predicted octanol–water partition coefficient (Wildman–Crippen LogP) is 6.63. The van der Waals surface area contributed by atoms with Gasteiger partial charge in [-0.15, -0.1) is 11.3 Å². The van der Waals surface area contributed by atoms with E-state index >= 15 is 0 Å². The van der Waals surface area contributed by atoms with Crippen molar-refractivity contribution in [3.63, 3.8) is 0 Å². The lowest BCUT2D eigenvalue weighted by Crippen LogP contribution is -2.16. The summed E-state index contributed by atoms with van der Waals surface area (Å²) in [6.45, 7) is 4.60. The highest BCUT2D eigenvalue weighted by atomic mass is 79.9. The summed E-state index contributed by atoms with van der Waals surface area (Å²) in [4.78, 5) is 13.4. The van der Waals surface area contributed by atoms with Gasteiger partial charge in [0.15, 0.2) is 0 Å². The Morgan fingerprint density at radius 1 is 1.28 bits per heavy atom. The molecule has 150 valence electrons. The number of hydrazone groups is 1. The normalized spacial score (nSPS) is 11.2. The van der Waals surface area contributed by atoms with Crippen molar-refractivity contribution in [1.29, 1.82) is 0 Å². The fourth-order valence-corrected chi connectivity index (χ4v) is 4.07. The van der Waals surface area contributed by atoms with Crippen LogP contribution in [0.3, 0.4) is 0 Å². The van der Waals surface area contributed by atoms with Crippen LogP contribution in [-0.4, -0.2) is 12.1 Å². The van der Waals surface area contributed by atoms with Gasteiger partial charge in [-0.2, -0.15) is 5.10 Å². The Morgan fingerprint density at radius 3 is 2.83 bits per heavy atom. The lowest BCUT2D eigenvalue weighted by atomic mass is 10.1. The molecule has 1 N–H and O–H groups in total. The van der Waals surface area contributed by atoms with Crippen molar-refractivity contribution in [3.8, 4) is 5.75 Å². The zero-order valence-corrected chi connectivity index (χ0v) is 19.1. The summed E-state index contributed by atoms with van der Waals surface area (Å²) in [7, 11) is 0. The van der Waals surface area contributed by atoms with Gasteiger partial charge in [-0.3, -0.25) is 4.79 Å². The number of hydrogen-bond acceptors (Lipinski definition) is 4. The van der Waals surface area contributed by atoms with Gasteiger partial charge in [0.2, 0.25) is 0 Å². The maximum absolute atomic E-state index is 12.3. The molecule has 2 aromatic carbocycles. The first-order chi connectivity index (χ1) is 13.9. The Hall–Kier alpha value is -2.15. The van der Waals surface area contributed by atoms with Gasteiger partial charge >= 0.3 is 0 Å². The molecule has 0 saturated carbocycles. The van der Waals surface area contributed by atoms with Crippen molar-refractivity contribution >= 4 is 51.0 Å². The van der Waals surface area contributed by atoms with E-state index in [9.17, 15) is 4.79 Å². The number of hydrogen-bond donors (Lipinski definition) is 1. The summed E-state index contributed by atoms with van der Waals surface area (Å²) in [5.74, 6) is 0.773. The number of ether oxygens (including phenoxy) is 1. The van der Waals surface area contributed by atoms with E-state index < -0.39 is 0 Å². The van der Waals surface area contributed by atoms with E-state index in [-0.39, 0.29) is 5.91 Å². The van der Waals surface area contributed by atoms with Crippen LogP contribution in [0.4, 0.5) is 0 Å². The monoisotopic (exact) mass is 490 g/mol. The van der Waals surface area contributed by atoms with E-state index in [2.05, 4.69) is 40.3 Å². The Balaban J connectivity index is 1.67. The minimum Gasteiger partial charge on any atom is -0.488 e. The van der Waals surface area contributed by atoms with Crippen LogP contribution >= 0.6 is 38.9 Å². The molecule has 0 radical (unpaired) electrons. The van der Waals surface area contributed by atoms with E-state index in [1.54, 1.807) is 29.5 Å². The highest BCUT2D eigenvalue weighted by Crippen LogP contribution is 2.24. The summed E-state index contributed by atoms with van der Waals surface area (Å²) in [5.41, 5.74) is 4.88. The molecule has 0 spiro atoms. The summed E-state index contributed by atoms with van der Waals surface area (Å²) in [6.07, 6.45) is 1.54. The fraction of sp³-hybridized carbons (Fsp3) is 0.182. The molecule has 0 saturated heterocycles. The van der Waals surface area contributed by atoms with Crippen LogP contribution in [0.5, 0.6) is 5.75 Å².